The molecule has 126 valence electrons. The van der Waals surface area contributed by atoms with Gasteiger partial charge in [-0.1, -0.05) is 6.07 Å². The molecule has 1 aliphatic rings. The number of nitrogens with one attached hydrogen (secondary N) is 1. The summed E-state index contributed by atoms with van der Waals surface area (Å²) in [6, 6.07) is 8.19. The number of ether oxygens (including phenoxy) is 1. The SMILES string of the molecule is O=C(Nc1ccc(Oc2cccc(F)c2)cn1)C1(C(F)(F)F)CC1. The summed E-state index contributed by atoms with van der Waals surface area (Å²) in [7, 11) is 0. The molecule has 0 radical (unpaired) electrons. The molecule has 0 spiro atoms. The van der Waals surface area contributed by atoms with Gasteiger partial charge in [0, 0.05) is 6.07 Å². The highest BCUT2D eigenvalue weighted by Gasteiger charge is 2.68. The molecule has 1 N–H and O–H groups in total. The van der Waals surface area contributed by atoms with Gasteiger partial charge in [-0.2, -0.15) is 13.2 Å². The third-order valence-corrected chi connectivity index (χ3v) is 3.74. The summed E-state index contributed by atoms with van der Waals surface area (Å²) in [5.41, 5.74) is -2.30. The molecule has 1 aliphatic carbocycles. The molecule has 1 amide bonds. The molecular formula is C16H12F4N2O2. The lowest BCUT2D eigenvalue weighted by atomic mass is 10.1. The number of rotatable bonds is 4. The highest BCUT2D eigenvalue weighted by molar-refractivity contribution is 5.97. The number of amides is 1. The Balaban J connectivity index is 1.66. The Morgan fingerprint density at radius 3 is 2.46 bits per heavy atom. The summed E-state index contributed by atoms with van der Waals surface area (Å²) in [5, 5.41) is 2.17. The van der Waals surface area contributed by atoms with Crippen LogP contribution >= 0.6 is 0 Å². The lowest BCUT2D eigenvalue weighted by molar-refractivity contribution is -0.189. The first-order valence-corrected chi connectivity index (χ1v) is 7.08. The van der Waals surface area contributed by atoms with E-state index in [9.17, 15) is 22.4 Å². The Bertz CT molecular complexity index is 755. The maximum Gasteiger partial charge on any atom is 0.403 e. The van der Waals surface area contributed by atoms with Crippen LogP contribution in [0.2, 0.25) is 0 Å². The summed E-state index contributed by atoms with van der Waals surface area (Å²) in [6.45, 7) is 0. The van der Waals surface area contributed by atoms with Crippen LogP contribution in [0.3, 0.4) is 0 Å². The van der Waals surface area contributed by atoms with Gasteiger partial charge in [0.25, 0.3) is 0 Å². The highest BCUT2D eigenvalue weighted by Crippen LogP contribution is 2.58. The van der Waals surface area contributed by atoms with Gasteiger partial charge in [-0.25, -0.2) is 9.37 Å². The molecule has 0 aliphatic heterocycles. The molecule has 0 saturated heterocycles. The van der Waals surface area contributed by atoms with E-state index in [2.05, 4.69) is 10.3 Å². The Morgan fingerprint density at radius 1 is 1.17 bits per heavy atom. The van der Waals surface area contributed by atoms with Crippen molar-refractivity contribution in [1.29, 1.82) is 0 Å². The van der Waals surface area contributed by atoms with E-state index < -0.39 is 23.3 Å². The molecule has 0 bridgehead atoms. The van der Waals surface area contributed by atoms with Crippen molar-refractivity contribution in [2.24, 2.45) is 5.41 Å². The number of carbonyl (C=O) groups excluding carboxylic acids is 1. The van der Waals surface area contributed by atoms with Crippen molar-refractivity contribution >= 4 is 11.7 Å². The van der Waals surface area contributed by atoms with Crippen molar-refractivity contribution in [2.45, 2.75) is 19.0 Å². The third-order valence-electron chi connectivity index (χ3n) is 3.74. The lowest BCUT2D eigenvalue weighted by Gasteiger charge is -2.18. The summed E-state index contributed by atoms with van der Waals surface area (Å²) in [4.78, 5) is 15.7. The van der Waals surface area contributed by atoms with Crippen molar-refractivity contribution in [3.8, 4) is 11.5 Å². The summed E-state index contributed by atoms with van der Waals surface area (Å²) in [5.74, 6) is -1.08. The molecule has 4 nitrogen and oxygen atoms in total. The van der Waals surface area contributed by atoms with E-state index in [-0.39, 0.29) is 30.2 Å². The van der Waals surface area contributed by atoms with Crippen LogP contribution in [0.25, 0.3) is 0 Å². The van der Waals surface area contributed by atoms with Crippen molar-refractivity contribution in [3.05, 3.63) is 48.4 Å². The van der Waals surface area contributed by atoms with E-state index in [0.29, 0.717) is 0 Å². The van der Waals surface area contributed by atoms with Crippen LogP contribution in [-0.2, 0) is 4.79 Å². The number of anilines is 1. The fourth-order valence-electron chi connectivity index (χ4n) is 2.18. The average Bonchev–Trinajstić information content (AvgIpc) is 3.31. The molecule has 0 atom stereocenters. The van der Waals surface area contributed by atoms with Crippen LogP contribution in [0.1, 0.15) is 12.8 Å². The molecule has 3 rings (SSSR count). The molecule has 8 heteroatoms. The molecule has 1 aromatic heterocycles. The first kappa shape index (κ1) is 16.2. The van der Waals surface area contributed by atoms with E-state index >= 15 is 0 Å². The van der Waals surface area contributed by atoms with Gasteiger partial charge in [0.1, 0.15) is 28.5 Å². The first-order valence-electron chi connectivity index (χ1n) is 7.08. The quantitative estimate of drug-likeness (QED) is 0.845. The van der Waals surface area contributed by atoms with Crippen LogP contribution in [0, 0.1) is 11.2 Å². The summed E-state index contributed by atoms with van der Waals surface area (Å²) >= 11 is 0. The van der Waals surface area contributed by atoms with Crippen molar-refractivity contribution in [1.82, 2.24) is 4.98 Å². The second-order valence-corrected chi connectivity index (χ2v) is 5.47. The molecule has 2 aromatic rings. The molecule has 1 fully saturated rings. The number of halogens is 4. The van der Waals surface area contributed by atoms with Gasteiger partial charge >= 0.3 is 6.18 Å². The highest BCUT2D eigenvalue weighted by atomic mass is 19.4. The zero-order valence-electron chi connectivity index (χ0n) is 12.2. The molecule has 24 heavy (non-hydrogen) atoms. The van der Waals surface area contributed by atoms with Gasteiger partial charge in [-0.05, 0) is 37.1 Å². The van der Waals surface area contributed by atoms with Gasteiger partial charge < -0.3 is 10.1 Å². The maximum absolute atomic E-state index is 13.1. The normalized spacial score (nSPS) is 15.7. The largest absolute Gasteiger partial charge is 0.456 e. The Hall–Kier alpha value is -2.64. The standard InChI is InChI=1S/C16H12F4N2O2/c17-10-2-1-3-11(8-10)24-12-4-5-13(21-9-12)22-14(23)15(6-7-15)16(18,19)20/h1-5,8-9H,6-7H2,(H,21,22,23). The zero-order chi connectivity index (χ0) is 17.4. The fourth-order valence-corrected chi connectivity index (χ4v) is 2.18. The number of pyridine rings is 1. The van der Waals surface area contributed by atoms with Crippen LogP contribution in [-0.4, -0.2) is 17.1 Å². The number of benzene rings is 1. The second kappa shape index (κ2) is 5.77. The third kappa shape index (κ3) is 3.17. The Kier molecular flexibility index (Phi) is 3.90. The monoisotopic (exact) mass is 340 g/mol. The van der Waals surface area contributed by atoms with E-state index in [1.807, 2.05) is 0 Å². The number of aromatic nitrogens is 1. The van der Waals surface area contributed by atoms with Crippen LogP contribution in [0.4, 0.5) is 23.4 Å². The van der Waals surface area contributed by atoms with Gasteiger partial charge in [-0.3, -0.25) is 4.79 Å². The van der Waals surface area contributed by atoms with Gasteiger partial charge in [-0.15, -0.1) is 0 Å². The van der Waals surface area contributed by atoms with Gasteiger partial charge in [0.2, 0.25) is 5.91 Å². The number of alkyl halides is 3. The number of hydrogen-bond acceptors (Lipinski definition) is 3. The van der Waals surface area contributed by atoms with Crippen molar-refractivity contribution in [3.63, 3.8) is 0 Å². The van der Waals surface area contributed by atoms with Crippen LogP contribution < -0.4 is 10.1 Å². The van der Waals surface area contributed by atoms with E-state index in [0.717, 1.165) is 0 Å². The second-order valence-electron chi connectivity index (χ2n) is 5.47. The Labute approximate surface area is 134 Å². The maximum atomic E-state index is 13.1. The topological polar surface area (TPSA) is 51.2 Å². The van der Waals surface area contributed by atoms with Gasteiger partial charge in [0.15, 0.2) is 0 Å². The predicted molar refractivity (Wildman–Crippen MR) is 77.1 cm³/mol. The van der Waals surface area contributed by atoms with Crippen molar-refractivity contribution < 1.29 is 27.1 Å². The zero-order valence-corrected chi connectivity index (χ0v) is 12.2. The average molecular weight is 340 g/mol. The first-order chi connectivity index (χ1) is 11.3. The minimum atomic E-state index is -4.57. The summed E-state index contributed by atoms with van der Waals surface area (Å²) in [6.07, 6.45) is -3.78. The number of hydrogen-bond donors (Lipinski definition) is 1. The summed E-state index contributed by atoms with van der Waals surface area (Å²) < 4.78 is 57.0. The number of nitrogens with zero attached hydrogens (tertiary/aromatic N) is 1. The smallest absolute Gasteiger partial charge is 0.403 e. The predicted octanol–water partition coefficient (Wildman–Crippen LogP) is 4.29. The Morgan fingerprint density at radius 2 is 1.92 bits per heavy atom. The van der Waals surface area contributed by atoms with Crippen LogP contribution in [0.5, 0.6) is 11.5 Å². The van der Waals surface area contributed by atoms with Crippen LogP contribution in [0.15, 0.2) is 42.6 Å². The van der Waals surface area contributed by atoms with Gasteiger partial charge in [0.05, 0.1) is 6.20 Å². The van der Waals surface area contributed by atoms with E-state index in [1.54, 1.807) is 6.07 Å². The molecule has 1 aromatic carbocycles. The molecule has 0 unspecified atom stereocenters. The van der Waals surface area contributed by atoms with E-state index in [1.165, 1.54) is 36.5 Å². The van der Waals surface area contributed by atoms with E-state index in [4.69, 9.17) is 4.74 Å². The minimum absolute atomic E-state index is 0.0119. The molecule has 1 heterocycles. The van der Waals surface area contributed by atoms with Crippen molar-refractivity contribution in [2.75, 3.05) is 5.32 Å². The number of carbonyl (C=O) groups is 1. The minimum Gasteiger partial charge on any atom is -0.456 e. The fraction of sp³-hybridized carbons (Fsp3) is 0.250. The lowest BCUT2D eigenvalue weighted by Crippen LogP contribution is -2.37. The molecule has 1 saturated carbocycles. The molecular weight excluding hydrogens is 328 g/mol.